The van der Waals surface area contributed by atoms with Crippen molar-refractivity contribution in [3.05, 3.63) is 81.5 Å². The minimum absolute atomic E-state index is 0.0237. The molecule has 0 amide bonds. The zero-order valence-electron chi connectivity index (χ0n) is 16.0. The maximum absolute atomic E-state index is 11.6. The Kier molecular flexibility index (Phi) is 5.54. The van der Waals surface area contributed by atoms with Gasteiger partial charge in [-0.05, 0) is 31.5 Å². The molecule has 1 atom stereocenters. The Morgan fingerprint density at radius 2 is 1.96 bits per heavy atom. The van der Waals surface area contributed by atoms with Crippen LogP contribution in [0, 0.1) is 10.1 Å². The number of ketones is 1. The van der Waals surface area contributed by atoms with Gasteiger partial charge in [0, 0.05) is 35.9 Å². The first kappa shape index (κ1) is 19.3. The predicted molar refractivity (Wildman–Crippen MR) is 106 cm³/mol. The first-order valence-electron chi connectivity index (χ1n) is 8.83. The van der Waals surface area contributed by atoms with Crippen molar-refractivity contribution in [1.29, 1.82) is 0 Å². The highest BCUT2D eigenvalue weighted by Crippen LogP contribution is 2.36. The fourth-order valence-electron chi connectivity index (χ4n) is 3.25. The Labute approximate surface area is 163 Å². The van der Waals surface area contributed by atoms with Gasteiger partial charge in [0.15, 0.2) is 5.78 Å². The highest BCUT2D eigenvalue weighted by Gasteiger charge is 2.30. The first-order valence-corrected chi connectivity index (χ1v) is 8.83. The Bertz CT molecular complexity index is 964. The van der Waals surface area contributed by atoms with Crippen LogP contribution in [-0.4, -0.2) is 28.5 Å². The molecule has 144 valence electrons. The molecule has 1 aliphatic rings. The summed E-state index contributed by atoms with van der Waals surface area (Å²) in [6.45, 7) is 3.32. The van der Waals surface area contributed by atoms with E-state index < -0.39 is 4.92 Å². The van der Waals surface area contributed by atoms with Gasteiger partial charge in [-0.3, -0.25) is 19.9 Å². The van der Waals surface area contributed by atoms with Crippen LogP contribution in [-0.2, 0) is 4.79 Å². The minimum atomic E-state index is -0.418. The molecular weight excluding hydrogens is 358 g/mol. The lowest BCUT2D eigenvalue weighted by molar-refractivity contribution is -0.384. The molecular formula is C21H21N3O4. The van der Waals surface area contributed by atoms with Crippen molar-refractivity contribution >= 4 is 17.2 Å². The molecule has 3 rings (SSSR count). The zero-order chi connectivity index (χ0) is 20.3. The van der Waals surface area contributed by atoms with Crippen LogP contribution in [0.4, 0.5) is 5.69 Å². The fraction of sp³-hybridized carbons (Fsp3) is 0.238. The number of hydrogen-bond donors (Lipinski definition) is 0. The van der Waals surface area contributed by atoms with Gasteiger partial charge in [0.2, 0.25) is 0 Å². The molecule has 0 N–H and O–H groups in total. The molecule has 7 nitrogen and oxygen atoms in total. The summed E-state index contributed by atoms with van der Waals surface area (Å²) in [5, 5.41) is 17.6. The Morgan fingerprint density at radius 1 is 1.25 bits per heavy atom. The van der Waals surface area contributed by atoms with Crippen LogP contribution in [0.15, 0.2) is 65.4 Å². The molecule has 7 heteroatoms. The van der Waals surface area contributed by atoms with Gasteiger partial charge in [-0.1, -0.05) is 24.3 Å². The lowest BCUT2D eigenvalue weighted by Crippen LogP contribution is -2.18. The molecule has 0 unspecified atom stereocenters. The van der Waals surface area contributed by atoms with E-state index in [1.807, 2.05) is 37.3 Å². The lowest BCUT2D eigenvalue weighted by atomic mass is 9.98. The van der Waals surface area contributed by atoms with E-state index in [2.05, 4.69) is 5.10 Å². The second kappa shape index (κ2) is 8.04. The summed E-state index contributed by atoms with van der Waals surface area (Å²) in [6.07, 6.45) is 2.10. The summed E-state index contributed by atoms with van der Waals surface area (Å²) < 4.78 is 5.22. The molecule has 0 aromatic heterocycles. The second-order valence-electron chi connectivity index (χ2n) is 6.59. The number of ether oxygens (including phenoxy) is 1. The molecule has 1 aliphatic heterocycles. The van der Waals surface area contributed by atoms with E-state index in [0.29, 0.717) is 17.7 Å². The fourth-order valence-corrected chi connectivity index (χ4v) is 3.25. The molecule has 0 spiro atoms. The average Bonchev–Trinajstić information content (AvgIpc) is 3.13. The third-order valence-electron chi connectivity index (χ3n) is 4.57. The molecule has 0 fully saturated rings. The summed E-state index contributed by atoms with van der Waals surface area (Å²) in [4.78, 5) is 22.3. The van der Waals surface area contributed by atoms with E-state index in [0.717, 1.165) is 17.0 Å². The molecule has 2 aromatic rings. The Balaban J connectivity index is 2.00. The number of hydrogen-bond acceptors (Lipinski definition) is 6. The van der Waals surface area contributed by atoms with Gasteiger partial charge >= 0.3 is 0 Å². The number of benzene rings is 2. The van der Waals surface area contributed by atoms with E-state index >= 15 is 0 Å². The van der Waals surface area contributed by atoms with Crippen LogP contribution in [0.25, 0.3) is 0 Å². The van der Waals surface area contributed by atoms with Crippen LogP contribution in [0.1, 0.15) is 37.4 Å². The number of allylic oxidation sites excluding steroid dienone is 2. The number of hydrazone groups is 1. The summed E-state index contributed by atoms with van der Waals surface area (Å²) in [7, 11) is 1.61. The van der Waals surface area contributed by atoms with Crippen molar-refractivity contribution in [3.63, 3.8) is 0 Å². The van der Waals surface area contributed by atoms with Crippen molar-refractivity contribution < 1.29 is 14.5 Å². The average molecular weight is 379 g/mol. The van der Waals surface area contributed by atoms with Gasteiger partial charge < -0.3 is 4.74 Å². The van der Waals surface area contributed by atoms with Gasteiger partial charge in [0.05, 0.1) is 23.8 Å². The van der Waals surface area contributed by atoms with E-state index in [-0.39, 0.29) is 17.5 Å². The standard InChI is InChI=1S/C21H21N3O4/c1-14(11-15(2)25)23-21(16-7-9-19(28-3)10-8-16)13-20(22-23)17-5-4-6-18(12-17)24(26)27/h4-12,21H,13H2,1-3H3/t21-/m1/s1. The molecule has 2 aromatic carbocycles. The minimum Gasteiger partial charge on any atom is -0.497 e. The summed E-state index contributed by atoms with van der Waals surface area (Å²) >= 11 is 0. The quantitative estimate of drug-likeness (QED) is 0.426. The van der Waals surface area contributed by atoms with Gasteiger partial charge in [0.1, 0.15) is 5.75 Å². The highest BCUT2D eigenvalue weighted by atomic mass is 16.6. The third kappa shape index (κ3) is 4.09. The topological polar surface area (TPSA) is 85.0 Å². The number of carbonyl (C=O) groups excluding carboxylic acids is 1. The van der Waals surface area contributed by atoms with Crippen LogP contribution in [0.2, 0.25) is 0 Å². The summed E-state index contributed by atoms with van der Waals surface area (Å²) in [5.74, 6) is 0.689. The number of non-ortho nitro benzene ring substituents is 1. The number of rotatable bonds is 6. The molecule has 0 bridgehead atoms. The van der Waals surface area contributed by atoms with Gasteiger partial charge in [-0.25, -0.2) is 0 Å². The number of nitrogens with zero attached hydrogens (tertiary/aromatic N) is 3. The lowest BCUT2D eigenvalue weighted by Gasteiger charge is -2.24. The molecule has 0 aliphatic carbocycles. The van der Waals surface area contributed by atoms with E-state index in [1.165, 1.54) is 25.1 Å². The predicted octanol–water partition coefficient (Wildman–Crippen LogP) is 4.25. The Morgan fingerprint density at radius 3 is 2.57 bits per heavy atom. The maximum Gasteiger partial charge on any atom is 0.270 e. The highest BCUT2D eigenvalue weighted by molar-refractivity contribution is 6.02. The second-order valence-corrected chi connectivity index (χ2v) is 6.59. The van der Waals surface area contributed by atoms with Gasteiger partial charge in [-0.2, -0.15) is 5.10 Å². The third-order valence-corrected chi connectivity index (χ3v) is 4.57. The molecule has 0 saturated carbocycles. The van der Waals surface area contributed by atoms with Crippen LogP contribution in [0.3, 0.4) is 0 Å². The first-order chi connectivity index (χ1) is 13.4. The Hall–Kier alpha value is -3.48. The van der Waals surface area contributed by atoms with Crippen LogP contribution >= 0.6 is 0 Å². The number of nitro groups is 1. The van der Waals surface area contributed by atoms with Crippen molar-refractivity contribution in [2.24, 2.45) is 5.10 Å². The maximum atomic E-state index is 11.6. The monoisotopic (exact) mass is 379 g/mol. The van der Waals surface area contributed by atoms with Gasteiger partial charge in [-0.15, -0.1) is 0 Å². The van der Waals surface area contributed by atoms with Crippen molar-refractivity contribution in [2.45, 2.75) is 26.3 Å². The number of carbonyl (C=O) groups is 1. The molecule has 0 radical (unpaired) electrons. The SMILES string of the molecule is COc1ccc([C@H]2CC(c3cccc([N+](=O)[O-])c3)=NN2C(C)=CC(C)=O)cc1. The smallest absolute Gasteiger partial charge is 0.270 e. The molecule has 1 heterocycles. The van der Waals surface area contributed by atoms with Crippen molar-refractivity contribution in [3.8, 4) is 5.75 Å². The molecule has 0 saturated heterocycles. The van der Waals surface area contributed by atoms with E-state index in [9.17, 15) is 14.9 Å². The van der Waals surface area contributed by atoms with Gasteiger partial charge in [0.25, 0.3) is 5.69 Å². The van der Waals surface area contributed by atoms with E-state index in [4.69, 9.17) is 4.74 Å². The molecule has 28 heavy (non-hydrogen) atoms. The zero-order valence-corrected chi connectivity index (χ0v) is 16.0. The number of nitro benzene ring substituents is 1. The largest absolute Gasteiger partial charge is 0.497 e. The van der Waals surface area contributed by atoms with Crippen LogP contribution < -0.4 is 4.74 Å². The van der Waals surface area contributed by atoms with E-state index in [1.54, 1.807) is 18.2 Å². The summed E-state index contributed by atoms with van der Waals surface area (Å²) in [5.41, 5.74) is 3.19. The van der Waals surface area contributed by atoms with Crippen molar-refractivity contribution in [1.82, 2.24) is 5.01 Å². The van der Waals surface area contributed by atoms with Crippen molar-refractivity contribution in [2.75, 3.05) is 7.11 Å². The summed E-state index contributed by atoms with van der Waals surface area (Å²) in [6, 6.07) is 14.0. The normalized spacial score (nSPS) is 16.7. The van der Waals surface area contributed by atoms with Crippen LogP contribution in [0.5, 0.6) is 5.75 Å². The number of methoxy groups -OCH3 is 1.